The first-order chi connectivity index (χ1) is 14.5. The maximum atomic E-state index is 14.6. The van der Waals surface area contributed by atoms with Gasteiger partial charge in [0.2, 0.25) is 0 Å². The van der Waals surface area contributed by atoms with Gasteiger partial charge in [0.05, 0.1) is 30.2 Å². The Morgan fingerprint density at radius 2 is 2.10 bits per heavy atom. The van der Waals surface area contributed by atoms with Crippen LogP contribution in [0.2, 0.25) is 0 Å². The lowest BCUT2D eigenvalue weighted by Crippen LogP contribution is -2.47. The van der Waals surface area contributed by atoms with E-state index in [0.29, 0.717) is 12.3 Å². The lowest BCUT2D eigenvalue weighted by atomic mass is 9.84. The van der Waals surface area contributed by atoms with Gasteiger partial charge in [0.25, 0.3) is 0 Å². The van der Waals surface area contributed by atoms with Gasteiger partial charge in [-0.05, 0) is 28.1 Å². The lowest BCUT2D eigenvalue weighted by Gasteiger charge is -2.41. The zero-order valence-corrected chi connectivity index (χ0v) is 16.4. The molecule has 3 heterocycles. The molecule has 2 aliphatic heterocycles. The summed E-state index contributed by atoms with van der Waals surface area (Å²) in [7, 11) is 0. The summed E-state index contributed by atoms with van der Waals surface area (Å²) in [6.45, 7) is -5.15. The minimum Gasteiger partial charge on any atom is -0.490 e. The smallest absolute Gasteiger partial charge is 0.418 e. The second kappa shape index (κ2) is 7.49. The highest BCUT2D eigenvalue weighted by molar-refractivity contribution is 9.10. The van der Waals surface area contributed by atoms with Crippen LogP contribution in [0.15, 0.2) is 28.9 Å². The molecule has 30 heavy (non-hydrogen) atoms. The third-order valence-corrected chi connectivity index (χ3v) is 5.49. The molecule has 162 valence electrons. The van der Waals surface area contributed by atoms with Crippen LogP contribution < -0.4 is 14.4 Å². The van der Waals surface area contributed by atoms with Crippen LogP contribution in [0.4, 0.5) is 32.2 Å². The van der Waals surface area contributed by atoms with Gasteiger partial charge >= 0.3 is 12.8 Å². The third kappa shape index (κ3) is 3.45. The summed E-state index contributed by atoms with van der Waals surface area (Å²) < 4.78 is 103. The molecule has 0 N–H and O–H groups in total. The van der Waals surface area contributed by atoms with E-state index in [1.165, 1.54) is 12.1 Å². The average molecular weight is 500 g/mol. The second-order valence-electron chi connectivity index (χ2n) is 6.58. The highest BCUT2D eigenvalue weighted by Gasteiger charge is 2.50. The van der Waals surface area contributed by atoms with Crippen molar-refractivity contribution in [2.75, 3.05) is 24.8 Å². The van der Waals surface area contributed by atoms with E-state index in [1.807, 2.05) is 0 Å². The van der Waals surface area contributed by atoms with E-state index in [1.54, 1.807) is 0 Å². The SMILES string of the molecule is [2H][C@@H]1OCC2(CCOc3c2ccc(Br)c3F)N1c1ncc(C(F)(F)F)cc1OC(F)F. The van der Waals surface area contributed by atoms with E-state index in [4.69, 9.17) is 10.8 Å². The molecule has 1 saturated heterocycles. The van der Waals surface area contributed by atoms with E-state index >= 15 is 0 Å². The van der Waals surface area contributed by atoms with Crippen LogP contribution in [0, 0.1) is 5.82 Å². The zero-order chi connectivity index (χ0) is 22.6. The first kappa shape index (κ1) is 19.7. The Labute approximate surface area is 176 Å². The molecule has 1 aromatic carbocycles. The number of halogens is 7. The Hall–Kier alpha value is -2.21. The Balaban J connectivity index is 1.89. The molecular formula is C18H13BrF6N2O3. The van der Waals surface area contributed by atoms with Crippen molar-refractivity contribution in [2.45, 2.75) is 24.7 Å². The number of alkyl halides is 5. The van der Waals surface area contributed by atoms with Crippen molar-refractivity contribution in [1.82, 2.24) is 4.98 Å². The number of rotatable bonds is 3. The van der Waals surface area contributed by atoms with Crippen molar-refractivity contribution in [3.05, 3.63) is 45.8 Å². The molecule has 0 aliphatic carbocycles. The zero-order valence-electron chi connectivity index (χ0n) is 15.9. The number of pyridine rings is 1. The van der Waals surface area contributed by atoms with Gasteiger partial charge < -0.3 is 19.1 Å². The minimum absolute atomic E-state index is 0.0153. The van der Waals surface area contributed by atoms with E-state index < -0.39 is 48.0 Å². The van der Waals surface area contributed by atoms with Crippen molar-refractivity contribution < 1.29 is 41.9 Å². The van der Waals surface area contributed by atoms with E-state index in [9.17, 15) is 26.3 Å². The first-order valence-electron chi connectivity index (χ1n) is 9.09. The largest absolute Gasteiger partial charge is 0.490 e. The maximum absolute atomic E-state index is 14.6. The van der Waals surface area contributed by atoms with Gasteiger partial charge in [-0.1, -0.05) is 6.07 Å². The van der Waals surface area contributed by atoms with Crippen molar-refractivity contribution in [3.8, 4) is 11.5 Å². The van der Waals surface area contributed by atoms with Crippen LogP contribution in [0.5, 0.6) is 11.5 Å². The van der Waals surface area contributed by atoms with Crippen LogP contribution >= 0.6 is 15.9 Å². The van der Waals surface area contributed by atoms with Gasteiger partial charge in [-0.2, -0.15) is 22.0 Å². The van der Waals surface area contributed by atoms with Crippen LogP contribution in [0.1, 0.15) is 18.9 Å². The van der Waals surface area contributed by atoms with Gasteiger partial charge in [-0.25, -0.2) is 9.37 Å². The van der Waals surface area contributed by atoms with Crippen LogP contribution in [0.3, 0.4) is 0 Å². The quantitative estimate of drug-likeness (QED) is 0.551. The molecule has 0 saturated carbocycles. The number of fused-ring (bicyclic) bond motifs is 2. The molecule has 4 rings (SSSR count). The average Bonchev–Trinajstić information content (AvgIpc) is 3.00. The monoisotopic (exact) mass is 499 g/mol. The number of benzene rings is 1. The number of ether oxygens (including phenoxy) is 3. The number of anilines is 1. The predicted molar refractivity (Wildman–Crippen MR) is 95.1 cm³/mol. The van der Waals surface area contributed by atoms with E-state index in [0.717, 1.165) is 4.90 Å². The molecule has 1 fully saturated rings. The molecule has 2 aliphatic rings. The predicted octanol–water partition coefficient (Wildman–Crippen LogP) is 5.08. The van der Waals surface area contributed by atoms with Gasteiger partial charge in [0, 0.05) is 18.2 Å². The number of hydrogen-bond donors (Lipinski definition) is 0. The third-order valence-electron chi connectivity index (χ3n) is 4.88. The van der Waals surface area contributed by atoms with Gasteiger partial charge in [-0.15, -0.1) is 0 Å². The molecule has 1 spiro atoms. The molecular weight excluding hydrogens is 486 g/mol. The number of nitrogens with zero attached hydrogens (tertiary/aromatic N) is 2. The topological polar surface area (TPSA) is 43.8 Å². The number of aromatic nitrogens is 1. The summed E-state index contributed by atoms with van der Waals surface area (Å²) in [4.78, 5) is 4.81. The standard InChI is InChI=1S/C18H13BrF6N2O3/c19-11-2-1-10-14(13(11)20)29-4-3-17(10)7-28-8-27(17)15-12(30-16(21)22)5-9(6-26-15)18(23,24)25/h1-2,5-6,16H,3-4,7-8H2/i8D/t8-,17?/m0/s1. The Morgan fingerprint density at radius 3 is 2.80 bits per heavy atom. The normalized spacial score (nSPS) is 24.1. The van der Waals surface area contributed by atoms with Crippen LogP contribution in [-0.4, -0.2) is 31.5 Å². The Bertz CT molecular complexity index is 1010. The molecule has 2 aromatic rings. The number of hydrogen-bond acceptors (Lipinski definition) is 5. The van der Waals surface area contributed by atoms with Crippen LogP contribution in [-0.2, 0) is 16.5 Å². The summed E-state index contributed by atoms with van der Waals surface area (Å²) in [5, 5.41) is 0. The molecule has 0 bridgehead atoms. The second-order valence-corrected chi connectivity index (χ2v) is 7.43. The minimum atomic E-state index is -4.86. The summed E-state index contributed by atoms with van der Waals surface area (Å²) >= 11 is 3.05. The lowest BCUT2D eigenvalue weighted by molar-refractivity contribution is -0.138. The van der Waals surface area contributed by atoms with Gasteiger partial charge in [0.15, 0.2) is 23.1 Å². The van der Waals surface area contributed by atoms with E-state index in [-0.39, 0.29) is 35.4 Å². The summed E-state index contributed by atoms with van der Waals surface area (Å²) in [5.74, 6) is -2.18. The van der Waals surface area contributed by atoms with E-state index in [2.05, 4.69) is 25.7 Å². The van der Waals surface area contributed by atoms with Gasteiger partial charge in [0.1, 0.15) is 6.71 Å². The molecule has 1 unspecified atom stereocenters. The molecule has 12 heteroatoms. The van der Waals surface area contributed by atoms with Crippen molar-refractivity contribution in [1.29, 1.82) is 0 Å². The van der Waals surface area contributed by atoms with Gasteiger partial charge in [-0.3, -0.25) is 0 Å². The van der Waals surface area contributed by atoms with Crippen molar-refractivity contribution in [3.63, 3.8) is 0 Å². The highest BCUT2D eigenvalue weighted by Crippen LogP contribution is 2.50. The summed E-state index contributed by atoms with van der Waals surface area (Å²) in [6.07, 6.45) is -4.27. The maximum Gasteiger partial charge on any atom is 0.418 e. The fourth-order valence-corrected chi connectivity index (χ4v) is 3.84. The molecule has 2 atom stereocenters. The fourth-order valence-electron chi connectivity index (χ4n) is 3.53. The molecule has 0 amide bonds. The summed E-state index contributed by atoms with van der Waals surface area (Å²) in [6, 6.07) is 3.29. The Morgan fingerprint density at radius 1 is 1.33 bits per heavy atom. The fraction of sp³-hybridized carbons (Fsp3) is 0.389. The first-order valence-corrected chi connectivity index (χ1v) is 9.30. The van der Waals surface area contributed by atoms with Crippen molar-refractivity contribution >= 4 is 21.7 Å². The molecule has 0 radical (unpaired) electrons. The summed E-state index contributed by atoms with van der Waals surface area (Å²) in [5.41, 5.74) is -2.35. The molecule has 5 nitrogen and oxygen atoms in total. The van der Waals surface area contributed by atoms with Crippen LogP contribution in [0.25, 0.3) is 0 Å². The highest BCUT2D eigenvalue weighted by atomic mass is 79.9. The molecule has 1 aromatic heterocycles. The van der Waals surface area contributed by atoms with Crippen molar-refractivity contribution in [2.24, 2.45) is 0 Å². The Kier molecular flexibility index (Phi) is 4.92.